The Morgan fingerprint density at radius 2 is 1.71 bits per heavy atom. The molecule has 0 heterocycles. The second-order valence-electron chi connectivity index (χ2n) is 8.66. The molecular formula is C27H30N2O5S. The molecule has 0 aliphatic rings. The van der Waals surface area contributed by atoms with E-state index in [1.54, 1.807) is 67.8 Å². The lowest BCUT2D eigenvalue weighted by atomic mass is 9.82. The number of para-hydroxylation sites is 1. The summed E-state index contributed by atoms with van der Waals surface area (Å²) in [7, 11) is -2.58. The van der Waals surface area contributed by atoms with Crippen LogP contribution < -0.4 is 14.3 Å². The fourth-order valence-electron chi connectivity index (χ4n) is 3.33. The lowest BCUT2D eigenvalue weighted by Crippen LogP contribution is -2.21. The second-order valence-corrected chi connectivity index (χ2v) is 10.2. The van der Waals surface area contributed by atoms with Gasteiger partial charge in [0.15, 0.2) is 0 Å². The zero-order valence-corrected chi connectivity index (χ0v) is 21.1. The third-order valence-corrected chi connectivity index (χ3v) is 7.11. The maximum atomic E-state index is 13.1. The molecule has 8 heteroatoms. The van der Waals surface area contributed by atoms with Crippen molar-refractivity contribution in [3.8, 4) is 11.5 Å². The molecule has 3 rings (SSSR count). The van der Waals surface area contributed by atoms with Gasteiger partial charge in [0.05, 0.1) is 19.7 Å². The number of benzene rings is 3. The summed E-state index contributed by atoms with van der Waals surface area (Å²) >= 11 is 0. The van der Waals surface area contributed by atoms with Crippen LogP contribution in [0.2, 0.25) is 0 Å². The standard InChI is InChI=1S/C27H30N2O5S/c1-5-27(2,3)22-14-15-25(35(31,32)34-23-11-7-6-8-12-23)21(18-22)19-28-29-26(30)17-20-10-9-13-24(16-20)33-4/h6-16,18-19H,5,17H2,1-4H3,(H,29,30)/b28-19+. The van der Waals surface area contributed by atoms with Crippen LogP contribution >= 0.6 is 0 Å². The van der Waals surface area contributed by atoms with Crippen molar-refractivity contribution >= 4 is 22.2 Å². The maximum Gasteiger partial charge on any atom is 0.339 e. The van der Waals surface area contributed by atoms with E-state index < -0.39 is 10.1 Å². The van der Waals surface area contributed by atoms with Gasteiger partial charge in [0.1, 0.15) is 16.4 Å². The Morgan fingerprint density at radius 1 is 1.00 bits per heavy atom. The summed E-state index contributed by atoms with van der Waals surface area (Å²) in [6.07, 6.45) is 2.28. The van der Waals surface area contributed by atoms with Crippen LogP contribution in [0, 0.1) is 0 Å². The van der Waals surface area contributed by atoms with E-state index in [2.05, 4.69) is 31.3 Å². The number of amides is 1. The van der Waals surface area contributed by atoms with Gasteiger partial charge in [-0.3, -0.25) is 4.79 Å². The minimum atomic E-state index is -4.14. The van der Waals surface area contributed by atoms with Crippen LogP contribution in [0.15, 0.2) is 82.8 Å². The molecule has 184 valence electrons. The fraction of sp³-hybridized carbons (Fsp3) is 0.259. The molecule has 0 unspecified atom stereocenters. The number of hydrazone groups is 1. The summed E-state index contributed by atoms with van der Waals surface area (Å²) in [4.78, 5) is 12.4. The number of ether oxygens (including phenoxy) is 1. The molecule has 0 radical (unpaired) electrons. The smallest absolute Gasteiger partial charge is 0.339 e. The van der Waals surface area contributed by atoms with Crippen LogP contribution in [-0.4, -0.2) is 27.6 Å². The maximum absolute atomic E-state index is 13.1. The highest BCUT2D eigenvalue weighted by molar-refractivity contribution is 7.87. The van der Waals surface area contributed by atoms with Gasteiger partial charge in [-0.15, -0.1) is 0 Å². The molecule has 0 atom stereocenters. The normalized spacial score (nSPS) is 11.9. The van der Waals surface area contributed by atoms with Gasteiger partial charge in [-0.2, -0.15) is 13.5 Å². The molecule has 0 bridgehead atoms. The van der Waals surface area contributed by atoms with Crippen LogP contribution in [-0.2, 0) is 26.7 Å². The number of methoxy groups -OCH3 is 1. The number of hydrogen-bond acceptors (Lipinski definition) is 6. The van der Waals surface area contributed by atoms with Gasteiger partial charge in [-0.25, -0.2) is 5.43 Å². The van der Waals surface area contributed by atoms with Gasteiger partial charge < -0.3 is 8.92 Å². The summed E-state index contributed by atoms with van der Waals surface area (Å²) in [6.45, 7) is 6.22. The first kappa shape index (κ1) is 26.0. The third-order valence-electron chi connectivity index (χ3n) is 5.79. The van der Waals surface area contributed by atoms with E-state index in [0.717, 1.165) is 17.5 Å². The van der Waals surface area contributed by atoms with Crippen LogP contribution in [0.5, 0.6) is 11.5 Å². The van der Waals surface area contributed by atoms with Crippen molar-refractivity contribution in [2.24, 2.45) is 5.10 Å². The largest absolute Gasteiger partial charge is 0.497 e. The number of carbonyl (C=O) groups excluding carboxylic acids is 1. The van der Waals surface area contributed by atoms with E-state index in [4.69, 9.17) is 8.92 Å². The Hall–Kier alpha value is -3.65. The van der Waals surface area contributed by atoms with Crippen molar-refractivity contribution in [2.75, 3.05) is 7.11 Å². The molecule has 3 aromatic rings. The summed E-state index contributed by atoms with van der Waals surface area (Å²) < 4.78 is 36.6. The molecule has 0 saturated heterocycles. The molecule has 0 aromatic heterocycles. The molecule has 35 heavy (non-hydrogen) atoms. The van der Waals surface area contributed by atoms with E-state index in [9.17, 15) is 13.2 Å². The molecule has 0 fully saturated rings. The minimum absolute atomic E-state index is 0.0391. The lowest BCUT2D eigenvalue weighted by molar-refractivity contribution is -0.120. The van der Waals surface area contributed by atoms with E-state index in [0.29, 0.717) is 11.3 Å². The monoisotopic (exact) mass is 494 g/mol. The van der Waals surface area contributed by atoms with E-state index in [-0.39, 0.29) is 28.4 Å². The predicted molar refractivity (Wildman–Crippen MR) is 136 cm³/mol. The van der Waals surface area contributed by atoms with Crippen LogP contribution in [0.3, 0.4) is 0 Å². The highest BCUT2D eigenvalue weighted by atomic mass is 32.2. The van der Waals surface area contributed by atoms with Gasteiger partial charge in [0.2, 0.25) is 5.91 Å². The summed E-state index contributed by atoms with van der Waals surface area (Å²) in [6, 6.07) is 20.5. The summed E-state index contributed by atoms with van der Waals surface area (Å²) in [5.74, 6) is 0.520. The fourth-order valence-corrected chi connectivity index (χ4v) is 4.42. The van der Waals surface area contributed by atoms with Gasteiger partial charge in [0, 0.05) is 5.56 Å². The molecule has 0 aliphatic heterocycles. The van der Waals surface area contributed by atoms with Crippen molar-refractivity contribution in [1.82, 2.24) is 5.43 Å². The minimum Gasteiger partial charge on any atom is -0.497 e. The third kappa shape index (κ3) is 6.93. The Balaban J connectivity index is 1.86. The van der Waals surface area contributed by atoms with Crippen molar-refractivity contribution in [3.05, 3.63) is 89.5 Å². The summed E-state index contributed by atoms with van der Waals surface area (Å²) in [5, 5.41) is 4.03. The Morgan fingerprint density at radius 3 is 2.40 bits per heavy atom. The molecule has 7 nitrogen and oxygen atoms in total. The molecule has 0 saturated carbocycles. The number of nitrogens with zero attached hydrogens (tertiary/aromatic N) is 1. The van der Waals surface area contributed by atoms with E-state index >= 15 is 0 Å². The molecule has 1 N–H and O–H groups in total. The van der Waals surface area contributed by atoms with Gasteiger partial charge in [0.25, 0.3) is 0 Å². The Labute approximate surface area is 206 Å². The van der Waals surface area contributed by atoms with Crippen molar-refractivity contribution in [3.63, 3.8) is 0 Å². The predicted octanol–water partition coefficient (Wildman–Crippen LogP) is 4.84. The number of hydrogen-bond donors (Lipinski definition) is 1. The highest BCUT2D eigenvalue weighted by Gasteiger charge is 2.24. The first-order valence-electron chi connectivity index (χ1n) is 11.2. The van der Waals surface area contributed by atoms with E-state index in [1.807, 2.05) is 6.07 Å². The first-order chi connectivity index (χ1) is 16.6. The topological polar surface area (TPSA) is 94.1 Å². The second kappa shape index (κ2) is 11.2. The van der Waals surface area contributed by atoms with Crippen LogP contribution in [0.1, 0.15) is 43.9 Å². The molecule has 0 spiro atoms. The average Bonchev–Trinajstić information content (AvgIpc) is 2.84. The van der Waals surface area contributed by atoms with Crippen molar-refractivity contribution < 1.29 is 22.1 Å². The quantitative estimate of drug-likeness (QED) is 0.247. The van der Waals surface area contributed by atoms with Crippen molar-refractivity contribution in [2.45, 2.75) is 43.9 Å². The van der Waals surface area contributed by atoms with Gasteiger partial charge in [-0.05, 0) is 59.4 Å². The Kier molecular flexibility index (Phi) is 8.30. The van der Waals surface area contributed by atoms with Crippen molar-refractivity contribution in [1.29, 1.82) is 0 Å². The zero-order chi connectivity index (χ0) is 25.5. The van der Waals surface area contributed by atoms with Gasteiger partial charge >= 0.3 is 10.1 Å². The molecule has 3 aromatic carbocycles. The average molecular weight is 495 g/mol. The zero-order valence-electron chi connectivity index (χ0n) is 20.3. The van der Waals surface area contributed by atoms with E-state index in [1.165, 1.54) is 12.3 Å². The number of carbonyl (C=O) groups is 1. The Bertz CT molecular complexity index is 1300. The number of nitrogens with one attached hydrogen (secondary N) is 1. The lowest BCUT2D eigenvalue weighted by Gasteiger charge is -2.24. The van der Waals surface area contributed by atoms with Crippen LogP contribution in [0.25, 0.3) is 0 Å². The summed E-state index contributed by atoms with van der Waals surface area (Å²) in [5.41, 5.74) is 4.33. The molecule has 0 aliphatic carbocycles. The van der Waals surface area contributed by atoms with Gasteiger partial charge in [-0.1, -0.05) is 57.2 Å². The number of rotatable bonds is 10. The SMILES string of the molecule is CCC(C)(C)c1ccc(S(=O)(=O)Oc2ccccc2)c(/C=N/NC(=O)Cc2cccc(OC)c2)c1. The molecular weight excluding hydrogens is 464 g/mol. The van der Waals surface area contributed by atoms with Crippen LogP contribution in [0.4, 0.5) is 0 Å². The molecule has 1 amide bonds. The first-order valence-corrected chi connectivity index (χ1v) is 12.6. The highest BCUT2D eigenvalue weighted by Crippen LogP contribution is 2.30.